The van der Waals surface area contributed by atoms with Gasteiger partial charge in [-0.3, -0.25) is 34.3 Å². The topological polar surface area (TPSA) is 103 Å². The molecule has 0 aliphatic carbocycles. The number of rotatable bonds is 4. The molecule has 4 amide bonds. The quantitative estimate of drug-likeness (QED) is 0.638. The van der Waals surface area contributed by atoms with Crippen LogP contribution in [0.1, 0.15) is 44.8 Å². The Morgan fingerprint density at radius 2 is 1.67 bits per heavy atom. The molecule has 2 aromatic rings. The second-order valence-electron chi connectivity index (χ2n) is 8.97. The molecule has 1 unspecified atom stereocenters. The normalized spacial score (nSPS) is 21.1. The molecule has 1 N–H and O–H groups in total. The Kier molecular flexibility index (Phi) is 5.99. The fourth-order valence-corrected chi connectivity index (χ4v) is 4.77. The van der Waals surface area contributed by atoms with Crippen LogP contribution in [-0.2, 0) is 22.3 Å². The maximum absolute atomic E-state index is 13.0. The Labute approximate surface area is 203 Å². The third-order valence-corrected chi connectivity index (χ3v) is 6.63. The van der Waals surface area contributed by atoms with Crippen molar-refractivity contribution in [3.8, 4) is 0 Å². The Hall–Kier alpha value is -3.80. The summed E-state index contributed by atoms with van der Waals surface area (Å²) in [6, 6.07) is 7.79. The van der Waals surface area contributed by atoms with Gasteiger partial charge in [0, 0.05) is 39.1 Å². The number of carbonyl (C=O) groups is 4. The Morgan fingerprint density at radius 3 is 2.36 bits per heavy atom. The van der Waals surface area contributed by atoms with Crippen LogP contribution in [0.3, 0.4) is 0 Å². The van der Waals surface area contributed by atoms with E-state index in [2.05, 4.69) is 15.2 Å². The van der Waals surface area contributed by atoms with E-state index in [-0.39, 0.29) is 29.8 Å². The molecule has 36 heavy (non-hydrogen) atoms. The van der Waals surface area contributed by atoms with Crippen molar-refractivity contribution in [2.75, 3.05) is 31.1 Å². The summed E-state index contributed by atoms with van der Waals surface area (Å²) < 4.78 is 38.9. The highest BCUT2D eigenvalue weighted by molar-refractivity contribution is 6.23. The minimum absolute atomic E-state index is 0.0526. The predicted octanol–water partition coefficient (Wildman–Crippen LogP) is 1.82. The first-order valence-corrected chi connectivity index (χ1v) is 11.5. The van der Waals surface area contributed by atoms with Gasteiger partial charge in [-0.25, -0.2) is 4.98 Å². The lowest BCUT2D eigenvalue weighted by Gasteiger charge is -2.35. The van der Waals surface area contributed by atoms with Gasteiger partial charge in [-0.1, -0.05) is 12.1 Å². The molecule has 1 atom stereocenters. The zero-order valence-corrected chi connectivity index (χ0v) is 19.0. The number of aromatic nitrogens is 1. The lowest BCUT2D eigenvalue weighted by atomic mass is 10.0. The van der Waals surface area contributed by atoms with Gasteiger partial charge in [0.1, 0.15) is 17.6 Å². The monoisotopic (exact) mass is 501 g/mol. The zero-order valence-electron chi connectivity index (χ0n) is 19.0. The highest BCUT2D eigenvalue weighted by Gasteiger charge is 2.44. The highest BCUT2D eigenvalue weighted by atomic mass is 19.4. The van der Waals surface area contributed by atoms with Gasteiger partial charge in [0.05, 0.1) is 11.1 Å². The molecule has 0 spiro atoms. The smallest absolute Gasteiger partial charge is 0.354 e. The average molecular weight is 501 g/mol. The van der Waals surface area contributed by atoms with Gasteiger partial charge in [0.2, 0.25) is 11.8 Å². The number of imide groups is 2. The van der Waals surface area contributed by atoms with Crippen LogP contribution in [0.2, 0.25) is 0 Å². The summed E-state index contributed by atoms with van der Waals surface area (Å²) >= 11 is 0. The van der Waals surface area contributed by atoms with E-state index in [1.807, 2.05) is 0 Å². The van der Waals surface area contributed by atoms with Crippen molar-refractivity contribution in [3.63, 3.8) is 0 Å². The molecule has 1 aromatic carbocycles. The number of fused-ring (bicyclic) bond motifs is 1. The van der Waals surface area contributed by atoms with E-state index in [1.54, 1.807) is 29.2 Å². The summed E-state index contributed by atoms with van der Waals surface area (Å²) in [4.78, 5) is 58.1. The SMILES string of the molecule is O=C1CCC(N2C(=O)c3ccc(CN4CCN(c5cccc(C(F)(F)F)n5)CC4)cc3C2=O)C(=O)N1. The summed E-state index contributed by atoms with van der Waals surface area (Å²) in [6.45, 7) is 2.60. The molecule has 5 rings (SSSR count). The van der Waals surface area contributed by atoms with Gasteiger partial charge in [0.15, 0.2) is 0 Å². The van der Waals surface area contributed by atoms with Crippen molar-refractivity contribution in [1.29, 1.82) is 0 Å². The fraction of sp³-hybridized carbons (Fsp3) is 0.375. The summed E-state index contributed by atoms with van der Waals surface area (Å²) in [6.07, 6.45) is -4.36. The van der Waals surface area contributed by atoms with Crippen LogP contribution >= 0.6 is 0 Å². The average Bonchev–Trinajstić information content (AvgIpc) is 3.09. The largest absolute Gasteiger partial charge is 0.433 e. The van der Waals surface area contributed by atoms with Gasteiger partial charge < -0.3 is 4.90 Å². The highest BCUT2D eigenvalue weighted by Crippen LogP contribution is 2.30. The van der Waals surface area contributed by atoms with Crippen LogP contribution in [0, 0.1) is 0 Å². The molecule has 12 heteroatoms. The number of halogens is 3. The fourth-order valence-electron chi connectivity index (χ4n) is 4.77. The summed E-state index contributed by atoms with van der Waals surface area (Å²) in [7, 11) is 0. The molecule has 0 radical (unpaired) electrons. The van der Waals surface area contributed by atoms with Gasteiger partial charge in [-0.2, -0.15) is 13.2 Å². The third-order valence-electron chi connectivity index (χ3n) is 6.63. The Balaban J connectivity index is 1.24. The van der Waals surface area contributed by atoms with Crippen molar-refractivity contribution >= 4 is 29.4 Å². The number of piperazine rings is 1. The molecule has 1 aromatic heterocycles. The minimum Gasteiger partial charge on any atom is -0.354 e. The number of nitrogens with zero attached hydrogens (tertiary/aromatic N) is 4. The number of alkyl halides is 3. The molecule has 0 bridgehead atoms. The number of anilines is 1. The number of piperidine rings is 1. The number of nitrogens with one attached hydrogen (secondary N) is 1. The van der Waals surface area contributed by atoms with E-state index in [9.17, 15) is 32.3 Å². The van der Waals surface area contributed by atoms with E-state index in [4.69, 9.17) is 0 Å². The summed E-state index contributed by atoms with van der Waals surface area (Å²) in [5.41, 5.74) is 0.305. The third kappa shape index (κ3) is 4.43. The molecule has 188 valence electrons. The molecule has 2 saturated heterocycles. The minimum atomic E-state index is -4.50. The second-order valence-corrected chi connectivity index (χ2v) is 8.97. The second kappa shape index (κ2) is 9.01. The maximum Gasteiger partial charge on any atom is 0.433 e. The molecular formula is C24H22F3N5O4. The molecule has 0 saturated carbocycles. The van der Waals surface area contributed by atoms with Crippen molar-refractivity contribution in [2.45, 2.75) is 31.6 Å². The predicted molar refractivity (Wildman–Crippen MR) is 120 cm³/mol. The Morgan fingerprint density at radius 1 is 0.944 bits per heavy atom. The van der Waals surface area contributed by atoms with E-state index < -0.39 is 41.5 Å². The molecule has 4 heterocycles. The van der Waals surface area contributed by atoms with E-state index in [0.717, 1.165) is 16.5 Å². The first-order chi connectivity index (χ1) is 17.1. The van der Waals surface area contributed by atoms with Crippen molar-refractivity contribution < 1.29 is 32.3 Å². The lowest BCUT2D eigenvalue weighted by molar-refractivity contribution is -0.141. The maximum atomic E-state index is 13.0. The van der Waals surface area contributed by atoms with Crippen LogP contribution in [0.4, 0.5) is 19.0 Å². The van der Waals surface area contributed by atoms with Gasteiger partial charge >= 0.3 is 6.18 Å². The lowest BCUT2D eigenvalue weighted by Crippen LogP contribution is -2.54. The standard InChI is InChI=1S/C24H22F3N5O4/c25-24(26,27)18-2-1-3-19(28-18)31-10-8-30(9-11-31)13-14-4-5-15-16(12-14)23(36)32(22(15)35)17-6-7-20(33)29-21(17)34/h1-5,12,17H,6-11,13H2,(H,29,33,34). The first kappa shape index (κ1) is 23.9. The van der Waals surface area contributed by atoms with Crippen LogP contribution in [-0.4, -0.2) is 70.6 Å². The van der Waals surface area contributed by atoms with Gasteiger partial charge in [-0.15, -0.1) is 0 Å². The molecular weight excluding hydrogens is 479 g/mol. The van der Waals surface area contributed by atoms with Crippen molar-refractivity contribution in [2.24, 2.45) is 0 Å². The molecule has 3 aliphatic heterocycles. The number of benzene rings is 1. The number of hydrogen-bond acceptors (Lipinski definition) is 7. The van der Waals surface area contributed by atoms with Gasteiger partial charge in [-0.05, 0) is 36.2 Å². The molecule has 9 nitrogen and oxygen atoms in total. The number of pyridine rings is 1. The van der Waals surface area contributed by atoms with Crippen LogP contribution in [0.5, 0.6) is 0 Å². The molecule has 2 fully saturated rings. The van der Waals surface area contributed by atoms with Gasteiger partial charge in [0.25, 0.3) is 11.8 Å². The van der Waals surface area contributed by atoms with Crippen molar-refractivity contribution in [1.82, 2.24) is 20.1 Å². The van der Waals surface area contributed by atoms with E-state index in [0.29, 0.717) is 32.7 Å². The summed E-state index contributed by atoms with van der Waals surface area (Å²) in [5.74, 6) is -1.93. The molecule has 3 aliphatic rings. The van der Waals surface area contributed by atoms with Crippen LogP contribution < -0.4 is 10.2 Å². The first-order valence-electron chi connectivity index (χ1n) is 11.5. The number of carbonyl (C=O) groups excluding carboxylic acids is 4. The zero-order chi connectivity index (χ0) is 25.6. The van der Waals surface area contributed by atoms with E-state index in [1.165, 1.54) is 6.07 Å². The van der Waals surface area contributed by atoms with Crippen LogP contribution in [0.15, 0.2) is 36.4 Å². The van der Waals surface area contributed by atoms with Crippen LogP contribution in [0.25, 0.3) is 0 Å². The number of hydrogen-bond donors (Lipinski definition) is 1. The summed E-state index contributed by atoms with van der Waals surface area (Å²) in [5, 5.41) is 2.17. The Bertz CT molecular complexity index is 1260. The number of amides is 4. The van der Waals surface area contributed by atoms with E-state index >= 15 is 0 Å². The van der Waals surface area contributed by atoms with Crippen molar-refractivity contribution in [3.05, 3.63) is 58.8 Å².